The van der Waals surface area contributed by atoms with Crippen LogP contribution in [-0.4, -0.2) is 16.0 Å². The molecule has 0 radical (unpaired) electrons. The van der Waals surface area contributed by atoms with E-state index < -0.39 is 10.9 Å². The van der Waals surface area contributed by atoms with Crippen molar-refractivity contribution in [2.45, 2.75) is 6.92 Å². The summed E-state index contributed by atoms with van der Waals surface area (Å²) in [6.45, 7) is 1.57. The van der Waals surface area contributed by atoms with Crippen molar-refractivity contribution < 1.29 is 19.6 Å². The summed E-state index contributed by atoms with van der Waals surface area (Å²) in [6.07, 6.45) is 0. The monoisotopic (exact) mass is 307 g/mol. The second-order valence-corrected chi connectivity index (χ2v) is 4.69. The van der Waals surface area contributed by atoms with Crippen LogP contribution in [0.25, 0.3) is 0 Å². The molecule has 108 valence electrons. The molecule has 0 fully saturated rings. The summed E-state index contributed by atoms with van der Waals surface area (Å²) in [7, 11) is 0. The van der Waals surface area contributed by atoms with E-state index >= 15 is 0 Å². The predicted octanol–water partition coefficient (Wildman–Crippen LogP) is 4.05. The summed E-state index contributed by atoms with van der Waals surface area (Å²) in [5, 5.41) is 20.2. The summed E-state index contributed by atoms with van der Waals surface area (Å²) < 4.78 is 5.48. The van der Waals surface area contributed by atoms with Gasteiger partial charge in [-0.3, -0.25) is 10.1 Å². The van der Waals surface area contributed by atoms with Crippen molar-refractivity contribution in [2.24, 2.45) is 0 Å². The van der Waals surface area contributed by atoms with Crippen molar-refractivity contribution in [1.82, 2.24) is 0 Å². The lowest BCUT2D eigenvalue weighted by Crippen LogP contribution is -2.00. The number of benzene rings is 2. The number of nitrogens with zero attached hydrogens (tertiary/aromatic N) is 1. The number of carbonyl (C=O) groups is 1. The Labute approximate surface area is 124 Å². The van der Waals surface area contributed by atoms with Crippen LogP contribution >= 0.6 is 11.6 Å². The Kier molecular flexibility index (Phi) is 4.09. The summed E-state index contributed by atoms with van der Waals surface area (Å²) >= 11 is 5.82. The smallest absolute Gasteiger partial charge is 0.339 e. The third kappa shape index (κ3) is 3.29. The highest BCUT2D eigenvalue weighted by Crippen LogP contribution is 2.31. The molecule has 0 amide bonds. The maximum Gasteiger partial charge on any atom is 0.339 e. The molecular weight excluding hydrogens is 298 g/mol. The van der Waals surface area contributed by atoms with Gasteiger partial charge in [0.2, 0.25) is 0 Å². The van der Waals surface area contributed by atoms with Crippen LogP contribution in [0.2, 0.25) is 5.02 Å². The largest absolute Gasteiger partial charge is 0.478 e. The average molecular weight is 308 g/mol. The van der Waals surface area contributed by atoms with Crippen LogP contribution in [0.3, 0.4) is 0 Å². The van der Waals surface area contributed by atoms with E-state index in [1.165, 1.54) is 36.4 Å². The number of ether oxygens (including phenoxy) is 1. The van der Waals surface area contributed by atoms with Crippen molar-refractivity contribution in [3.05, 3.63) is 62.7 Å². The van der Waals surface area contributed by atoms with Crippen LogP contribution < -0.4 is 4.74 Å². The number of halogens is 1. The van der Waals surface area contributed by atoms with Crippen molar-refractivity contribution >= 4 is 23.3 Å². The molecule has 1 N–H and O–H groups in total. The number of hydrogen-bond donors (Lipinski definition) is 1. The number of hydrogen-bond acceptors (Lipinski definition) is 4. The highest BCUT2D eigenvalue weighted by molar-refractivity contribution is 6.30. The van der Waals surface area contributed by atoms with Gasteiger partial charge >= 0.3 is 5.97 Å². The Morgan fingerprint density at radius 1 is 1.29 bits per heavy atom. The molecule has 0 unspecified atom stereocenters. The van der Waals surface area contributed by atoms with E-state index in [2.05, 4.69) is 0 Å². The maximum atomic E-state index is 11.1. The Balaban J connectivity index is 2.38. The molecule has 0 bridgehead atoms. The lowest BCUT2D eigenvalue weighted by Gasteiger charge is -2.09. The highest BCUT2D eigenvalue weighted by Gasteiger charge is 2.15. The zero-order chi connectivity index (χ0) is 15.6. The molecule has 2 aromatic rings. The van der Waals surface area contributed by atoms with Gasteiger partial charge in [0.15, 0.2) is 0 Å². The van der Waals surface area contributed by atoms with Crippen molar-refractivity contribution in [3.63, 3.8) is 0 Å². The third-order valence-electron chi connectivity index (χ3n) is 2.77. The fourth-order valence-corrected chi connectivity index (χ4v) is 1.94. The van der Waals surface area contributed by atoms with Gasteiger partial charge in [0.25, 0.3) is 5.69 Å². The number of carboxylic acid groups (broad SMARTS) is 1. The molecule has 0 aliphatic carbocycles. The van der Waals surface area contributed by atoms with Crippen molar-refractivity contribution in [3.8, 4) is 11.5 Å². The number of carboxylic acids is 1. The van der Waals surface area contributed by atoms with Crippen molar-refractivity contribution in [1.29, 1.82) is 0 Å². The summed E-state index contributed by atoms with van der Waals surface area (Å²) in [5.41, 5.74) is 0.332. The van der Waals surface area contributed by atoms with Gasteiger partial charge in [0.1, 0.15) is 17.1 Å². The van der Waals surface area contributed by atoms with Crippen LogP contribution in [0.4, 0.5) is 5.69 Å². The van der Waals surface area contributed by atoms with Crippen LogP contribution in [0, 0.1) is 17.0 Å². The molecule has 0 aliphatic rings. The first-order valence-corrected chi connectivity index (χ1v) is 6.22. The molecule has 0 aliphatic heterocycles. The van der Waals surface area contributed by atoms with E-state index in [4.69, 9.17) is 21.4 Å². The van der Waals surface area contributed by atoms with Gasteiger partial charge in [-0.2, -0.15) is 0 Å². The lowest BCUT2D eigenvalue weighted by atomic mass is 10.2. The molecule has 0 saturated carbocycles. The number of rotatable bonds is 4. The normalized spacial score (nSPS) is 10.2. The molecule has 0 atom stereocenters. The minimum atomic E-state index is -1.15. The number of aryl methyl sites for hydroxylation is 1. The van der Waals surface area contributed by atoms with Gasteiger partial charge in [-0.1, -0.05) is 11.6 Å². The maximum absolute atomic E-state index is 11.1. The second kappa shape index (κ2) is 5.80. The zero-order valence-electron chi connectivity index (χ0n) is 10.9. The first kappa shape index (κ1) is 14.8. The Morgan fingerprint density at radius 2 is 2.00 bits per heavy atom. The van der Waals surface area contributed by atoms with E-state index in [-0.39, 0.29) is 17.0 Å². The zero-order valence-corrected chi connectivity index (χ0v) is 11.6. The Morgan fingerprint density at radius 3 is 2.57 bits per heavy atom. The average Bonchev–Trinajstić information content (AvgIpc) is 2.37. The van der Waals surface area contributed by atoms with E-state index in [1.54, 1.807) is 6.92 Å². The van der Waals surface area contributed by atoms with Crippen LogP contribution in [0.1, 0.15) is 15.9 Å². The van der Waals surface area contributed by atoms with E-state index in [9.17, 15) is 14.9 Å². The fraction of sp³-hybridized carbons (Fsp3) is 0.0714. The topological polar surface area (TPSA) is 89.7 Å². The quantitative estimate of drug-likeness (QED) is 0.680. The van der Waals surface area contributed by atoms with Gasteiger partial charge < -0.3 is 9.84 Å². The molecule has 6 nitrogen and oxygen atoms in total. The summed E-state index contributed by atoms with van der Waals surface area (Å²) in [4.78, 5) is 21.4. The van der Waals surface area contributed by atoms with Crippen LogP contribution in [-0.2, 0) is 0 Å². The number of nitro benzene ring substituents is 1. The van der Waals surface area contributed by atoms with Gasteiger partial charge in [-0.25, -0.2) is 4.79 Å². The van der Waals surface area contributed by atoms with Gasteiger partial charge in [-0.15, -0.1) is 0 Å². The van der Waals surface area contributed by atoms with Gasteiger partial charge in [0.05, 0.1) is 4.92 Å². The summed E-state index contributed by atoms with van der Waals surface area (Å²) in [5.74, 6) is -0.786. The Bertz CT molecular complexity index is 729. The molecule has 2 rings (SSSR count). The number of nitro groups is 1. The van der Waals surface area contributed by atoms with Gasteiger partial charge in [-0.05, 0) is 31.2 Å². The van der Waals surface area contributed by atoms with Gasteiger partial charge in [0, 0.05) is 22.7 Å². The minimum absolute atomic E-state index is 0.0353. The third-order valence-corrected chi connectivity index (χ3v) is 3.00. The highest BCUT2D eigenvalue weighted by atomic mass is 35.5. The van der Waals surface area contributed by atoms with E-state index in [0.717, 1.165) is 0 Å². The molecule has 0 aromatic heterocycles. The standard InChI is InChI=1S/C14H10ClNO5/c1-8-6-10(3-5-12(8)16(19)20)21-13-7-9(15)2-4-11(13)14(17)18/h2-7H,1H3,(H,17,18). The molecular formula is C14H10ClNO5. The molecule has 2 aromatic carbocycles. The van der Waals surface area contributed by atoms with E-state index in [1.807, 2.05) is 0 Å². The molecule has 0 saturated heterocycles. The second-order valence-electron chi connectivity index (χ2n) is 4.25. The first-order valence-electron chi connectivity index (χ1n) is 5.84. The molecule has 7 heteroatoms. The van der Waals surface area contributed by atoms with Crippen LogP contribution in [0.15, 0.2) is 36.4 Å². The molecule has 21 heavy (non-hydrogen) atoms. The first-order chi connectivity index (χ1) is 9.88. The SMILES string of the molecule is Cc1cc(Oc2cc(Cl)ccc2C(=O)O)ccc1[N+](=O)[O-]. The molecule has 0 spiro atoms. The lowest BCUT2D eigenvalue weighted by molar-refractivity contribution is -0.385. The van der Waals surface area contributed by atoms with Crippen LogP contribution in [0.5, 0.6) is 11.5 Å². The Hall–Kier alpha value is -2.60. The van der Waals surface area contributed by atoms with Crippen molar-refractivity contribution in [2.75, 3.05) is 0 Å². The minimum Gasteiger partial charge on any atom is -0.478 e. The molecule has 0 heterocycles. The summed E-state index contributed by atoms with van der Waals surface area (Å²) in [6, 6.07) is 8.32. The van der Waals surface area contributed by atoms with E-state index in [0.29, 0.717) is 16.3 Å². The number of aromatic carboxylic acids is 1. The fourth-order valence-electron chi connectivity index (χ4n) is 1.78. The predicted molar refractivity (Wildman–Crippen MR) is 76.3 cm³/mol.